The fraction of sp³-hybridized carbons (Fsp3) is 0.667. The molecule has 0 radical (unpaired) electrons. The summed E-state index contributed by atoms with van der Waals surface area (Å²) in [5.74, 6) is 0.209. The minimum absolute atomic E-state index is 0.209. The first-order valence-corrected chi connectivity index (χ1v) is 11.9. The van der Waals surface area contributed by atoms with Gasteiger partial charge in [0.1, 0.15) is 0 Å². The van der Waals surface area contributed by atoms with E-state index < -0.39 is 10.0 Å². The van der Waals surface area contributed by atoms with E-state index in [9.17, 15) is 13.2 Å². The predicted octanol–water partition coefficient (Wildman–Crippen LogP) is 0.982. The van der Waals surface area contributed by atoms with Gasteiger partial charge in [0, 0.05) is 12.1 Å². The molecule has 6 nitrogen and oxygen atoms in total. The third-order valence-corrected chi connectivity index (χ3v) is 8.32. The molecule has 2 fully saturated rings. The lowest BCUT2D eigenvalue weighted by Crippen LogP contribution is -3.16. The van der Waals surface area contributed by atoms with Gasteiger partial charge in [0.05, 0.1) is 31.1 Å². The van der Waals surface area contributed by atoms with Gasteiger partial charge >= 0.3 is 0 Å². The Morgan fingerprint density at radius 1 is 1.11 bits per heavy atom. The minimum Gasteiger partial charge on any atom is -0.332 e. The molecule has 0 aliphatic carbocycles. The second kappa shape index (κ2) is 8.51. The maximum absolute atomic E-state index is 13.0. The number of carbonyl (C=O) groups excluding carboxylic acids is 1. The Bertz CT molecular complexity index is 806. The van der Waals surface area contributed by atoms with Crippen LogP contribution in [0.15, 0.2) is 23.1 Å². The Hall–Kier alpha value is -1.44. The molecule has 28 heavy (non-hydrogen) atoms. The van der Waals surface area contributed by atoms with Crippen LogP contribution in [0.25, 0.3) is 0 Å². The number of quaternary nitrogens is 1. The molecule has 1 amide bonds. The molecular formula is C21H34N3O3S+. The monoisotopic (exact) mass is 408 g/mol. The van der Waals surface area contributed by atoms with Crippen LogP contribution in [0.4, 0.5) is 0 Å². The quantitative estimate of drug-likeness (QED) is 0.808. The molecule has 2 saturated heterocycles. The fourth-order valence-electron chi connectivity index (χ4n) is 4.67. The summed E-state index contributed by atoms with van der Waals surface area (Å²) in [6, 6.07) is 6.08. The van der Waals surface area contributed by atoms with Gasteiger partial charge in [-0.25, -0.2) is 8.42 Å². The molecule has 7 heteroatoms. The zero-order valence-corrected chi connectivity index (χ0v) is 18.4. The van der Waals surface area contributed by atoms with Gasteiger partial charge in [-0.1, -0.05) is 17.7 Å². The Balaban J connectivity index is 1.60. The van der Waals surface area contributed by atoms with E-state index in [1.807, 2.05) is 26.0 Å². The minimum atomic E-state index is -3.47. The molecule has 0 aromatic heterocycles. The fourth-order valence-corrected chi connectivity index (χ4v) is 6.31. The summed E-state index contributed by atoms with van der Waals surface area (Å²) in [4.78, 5) is 16.5. The Kier molecular flexibility index (Phi) is 6.47. The van der Waals surface area contributed by atoms with Crippen LogP contribution in [0.2, 0.25) is 0 Å². The van der Waals surface area contributed by atoms with Gasteiger partial charge in [-0.3, -0.25) is 4.79 Å². The number of sulfonamides is 1. The van der Waals surface area contributed by atoms with Crippen LogP contribution in [0, 0.1) is 13.8 Å². The second-order valence-corrected chi connectivity index (χ2v) is 10.4. The molecule has 1 N–H and O–H groups in total. The van der Waals surface area contributed by atoms with Crippen molar-refractivity contribution in [3.05, 3.63) is 29.3 Å². The van der Waals surface area contributed by atoms with Crippen LogP contribution < -0.4 is 4.90 Å². The first-order valence-electron chi connectivity index (χ1n) is 10.4. The van der Waals surface area contributed by atoms with E-state index in [0.29, 0.717) is 49.7 Å². The number of piperazine rings is 1. The van der Waals surface area contributed by atoms with E-state index >= 15 is 0 Å². The number of nitrogens with one attached hydrogen (secondary N) is 1. The van der Waals surface area contributed by atoms with Crippen molar-refractivity contribution in [2.75, 3.05) is 32.7 Å². The third kappa shape index (κ3) is 4.42. The molecule has 0 saturated carbocycles. The predicted molar refractivity (Wildman–Crippen MR) is 110 cm³/mol. The summed E-state index contributed by atoms with van der Waals surface area (Å²) in [7, 11) is -3.47. The van der Waals surface area contributed by atoms with Gasteiger partial charge in [-0.15, -0.1) is 0 Å². The van der Waals surface area contributed by atoms with Gasteiger partial charge in [0.15, 0.2) is 6.54 Å². The van der Waals surface area contributed by atoms with Crippen molar-refractivity contribution in [1.82, 2.24) is 9.21 Å². The lowest BCUT2D eigenvalue weighted by atomic mass is 9.97. The van der Waals surface area contributed by atoms with Crippen molar-refractivity contribution in [2.24, 2.45) is 0 Å². The topological polar surface area (TPSA) is 62.1 Å². The maximum Gasteiger partial charge on any atom is 0.278 e. The summed E-state index contributed by atoms with van der Waals surface area (Å²) < 4.78 is 27.6. The van der Waals surface area contributed by atoms with Crippen molar-refractivity contribution in [3.63, 3.8) is 0 Å². The number of benzene rings is 1. The average Bonchev–Trinajstić information content (AvgIpc) is 2.61. The van der Waals surface area contributed by atoms with Crippen molar-refractivity contribution < 1.29 is 18.1 Å². The highest BCUT2D eigenvalue weighted by atomic mass is 32.2. The van der Waals surface area contributed by atoms with Crippen LogP contribution in [-0.2, 0) is 14.8 Å². The highest BCUT2D eigenvalue weighted by Crippen LogP contribution is 2.23. The molecule has 2 atom stereocenters. The zero-order valence-electron chi connectivity index (χ0n) is 17.6. The summed E-state index contributed by atoms with van der Waals surface area (Å²) in [6.07, 6.45) is 3.34. The molecule has 1 aromatic rings. The number of likely N-dealkylation sites (tertiary alicyclic amines) is 1. The zero-order chi connectivity index (χ0) is 20.5. The third-order valence-electron chi connectivity index (χ3n) is 6.26. The normalized spacial score (nSPS) is 25.1. The lowest BCUT2D eigenvalue weighted by Gasteiger charge is -2.40. The van der Waals surface area contributed by atoms with Gasteiger partial charge in [-0.2, -0.15) is 4.31 Å². The molecule has 2 aliphatic heterocycles. The number of carbonyl (C=O) groups is 1. The molecular weight excluding hydrogens is 374 g/mol. The summed E-state index contributed by atoms with van der Waals surface area (Å²) >= 11 is 0. The molecule has 0 bridgehead atoms. The van der Waals surface area contributed by atoms with Gasteiger partial charge < -0.3 is 9.80 Å². The number of hydrogen-bond acceptors (Lipinski definition) is 3. The van der Waals surface area contributed by atoms with Crippen molar-refractivity contribution >= 4 is 15.9 Å². The number of aryl methyl sites for hydroxylation is 2. The van der Waals surface area contributed by atoms with Crippen molar-refractivity contribution in [3.8, 4) is 0 Å². The molecule has 2 heterocycles. The smallest absolute Gasteiger partial charge is 0.278 e. The first kappa shape index (κ1) is 21.3. The van der Waals surface area contributed by atoms with Crippen LogP contribution in [-0.4, -0.2) is 68.3 Å². The Morgan fingerprint density at radius 3 is 2.29 bits per heavy atom. The van der Waals surface area contributed by atoms with Crippen molar-refractivity contribution in [2.45, 2.75) is 63.9 Å². The van der Waals surface area contributed by atoms with Gasteiger partial charge in [0.25, 0.3) is 5.91 Å². The largest absolute Gasteiger partial charge is 0.332 e. The van der Waals surface area contributed by atoms with E-state index in [-0.39, 0.29) is 5.91 Å². The van der Waals surface area contributed by atoms with E-state index in [1.54, 1.807) is 10.4 Å². The number of nitrogens with zero attached hydrogens (tertiary/aromatic N) is 2. The molecule has 3 rings (SSSR count). The summed E-state index contributed by atoms with van der Waals surface area (Å²) in [5.41, 5.74) is 1.85. The van der Waals surface area contributed by atoms with Crippen molar-refractivity contribution in [1.29, 1.82) is 0 Å². The maximum atomic E-state index is 13.0. The van der Waals surface area contributed by atoms with Gasteiger partial charge in [-0.05, 0) is 58.6 Å². The SMILES string of the molecule is Cc1ccc(S(=O)(=O)N2CC[NH+](CC(=O)N3[C@H](C)CCC[C@H]3C)CC2)c(C)c1. The lowest BCUT2D eigenvalue weighted by molar-refractivity contribution is -0.896. The summed E-state index contributed by atoms with van der Waals surface area (Å²) in [5, 5.41) is 0. The van der Waals surface area contributed by atoms with Crippen LogP contribution >= 0.6 is 0 Å². The molecule has 1 aromatic carbocycles. The van der Waals surface area contributed by atoms with E-state index in [2.05, 4.69) is 18.7 Å². The van der Waals surface area contributed by atoms with E-state index in [4.69, 9.17) is 0 Å². The summed E-state index contributed by atoms with van der Waals surface area (Å²) in [6.45, 7) is 10.8. The van der Waals surface area contributed by atoms with Crippen LogP contribution in [0.1, 0.15) is 44.2 Å². The second-order valence-electron chi connectivity index (χ2n) is 8.53. The number of rotatable bonds is 4. The van der Waals surface area contributed by atoms with E-state index in [0.717, 1.165) is 24.0 Å². The average molecular weight is 409 g/mol. The van der Waals surface area contributed by atoms with Crippen LogP contribution in [0.3, 0.4) is 0 Å². The number of amides is 1. The van der Waals surface area contributed by atoms with Crippen LogP contribution in [0.5, 0.6) is 0 Å². The highest BCUT2D eigenvalue weighted by molar-refractivity contribution is 7.89. The molecule has 156 valence electrons. The number of hydrogen-bond donors (Lipinski definition) is 1. The van der Waals surface area contributed by atoms with E-state index in [1.165, 1.54) is 11.3 Å². The Labute approximate surface area is 169 Å². The number of piperidine rings is 1. The highest BCUT2D eigenvalue weighted by Gasteiger charge is 2.35. The standard InChI is InChI=1S/C21H33N3O3S/c1-16-8-9-20(17(2)14-16)28(26,27)23-12-10-22(11-13-23)15-21(25)24-18(3)6-5-7-19(24)4/h8-9,14,18-19H,5-7,10-13,15H2,1-4H3/p+1/t18-,19-/m1/s1. The Morgan fingerprint density at radius 2 is 1.71 bits per heavy atom. The molecule has 2 aliphatic rings. The first-order chi connectivity index (χ1) is 13.2. The van der Waals surface area contributed by atoms with Gasteiger partial charge in [0.2, 0.25) is 10.0 Å². The molecule has 0 spiro atoms. The molecule has 0 unspecified atom stereocenters.